The Morgan fingerprint density at radius 2 is 1.68 bits per heavy atom. The molecular formula is C13H15F3N2O. The van der Waals surface area contributed by atoms with Crippen molar-refractivity contribution in [3.05, 3.63) is 29.8 Å². The molecule has 1 aliphatic carbocycles. The number of urea groups is 1. The van der Waals surface area contributed by atoms with E-state index in [4.69, 9.17) is 0 Å². The largest absolute Gasteiger partial charge is 0.416 e. The molecule has 1 aromatic carbocycles. The van der Waals surface area contributed by atoms with E-state index in [2.05, 4.69) is 10.6 Å². The second kappa shape index (κ2) is 5.50. The molecule has 6 heteroatoms. The maximum absolute atomic E-state index is 12.4. The molecule has 0 aromatic heterocycles. The summed E-state index contributed by atoms with van der Waals surface area (Å²) in [6, 6.07) is 4.20. The molecule has 19 heavy (non-hydrogen) atoms. The maximum Gasteiger partial charge on any atom is 0.416 e. The summed E-state index contributed by atoms with van der Waals surface area (Å²) in [5.41, 5.74) is -0.377. The summed E-state index contributed by atoms with van der Waals surface area (Å²) < 4.78 is 37.1. The van der Waals surface area contributed by atoms with Gasteiger partial charge in [0.25, 0.3) is 0 Å². The van der Waals surface area contributed by atoms with Crippen LogP contribution < -0.4 is 10.6 Å². The molecule has 1 fully saturated rings. The lowest BCUT2D eigenvalue weighted by Crippen LogP contribution is -2.36. The van der Waals surface area contributed by atoms with Crippen LogP contribution in [-0.4, -0.2) is 12.1 Å². The van der Waals surface area contributed by atoms with Crippen molar-refractivity contribution in [2.24, 2.45) is 0 Å². The molecule has 3 nitrogen and oxygen atoms in total. The first-order chi connectivity index (χ1) is 8.95. The second-order valence-electron chi connectivity index (χ2n) is 4.65. The van der Waals surface area contributed by atoms with Crippen molar-refractivity contribution in [3.8, 4) is 0 Å². The van der Waals surface area contributed by atoms with Crippen molar-refractivity contribution in [1.29, 1.82) is 0 Å². The molecule has 0 atom stereocenters. The van der Waals surface area contributed by atoms with Gasteiger partial charge < -0.3 is 10.6 Å². The molecule has 2 amide bonds. The Morgan fingerprint density at radius 3 is 2.21 bits per heavy atom. The molecular weight excluding hydrogens is 257 g/mol. The molecule has 0 heterocycles. The van der Waals surface area contributed by atoms with Crippen molar-refractivity contribution < 1.29 is 18.0 Å². The van der Waals surface area contributed by atoms with Crippen LogP contribution in [0.4, 0.5) is 23.7 Å². The van der Waals surface area contributed by atoms with E-state index in [9.17, 15) is 18.0 Å². The minimum Gasteiger partial charge on any atom is -0.335 e. The van der Waals surface area contributed by atoms with Gasteiger partial charge in [0.2, 0.25) is 0 Å². The monoisotopic (exact) mass is 272 g/mol. The third-order valence-corrected chi connectivity index (χ3v) is 3.16. The first-order valence-corrected chi connectivity index (χ1v) is 6.20. The topological polar surface area (TPSA) is 41.1 Å². The smallest absolute Gasteiger partial charge is 0.335 e. The maximum atomic E-state index is 12.4. The summed E-state index contributed by atoms with van der Waals surface area (Å²) in [5, 5.41) is 5.33. The van der Waals surface area contributed by atoms with Crippen LogP contribution in [0, 0.1) is 0 Å². The van der Waals surface area contributed by atoms with Gasteiger partial charge in [-0.05, 0) is 37.1 Å². The summed E-state index contributed by atoms with van der Waals surface area (Å²) in [5.74, 6) is 0. The van der Waals surface area contributed by atoms with Crippen LogP contribution in [-0.2, 0) is 6.18 Å². The van der Waals surface area contributed by atoms with Gasteiger partial charge in [0.15, 0.2) is 0 Å². The lowest BCUT2D eigenvalue weighted by molar-refractivity contribution is -0.137. The number of hydrogen-bond acceptors (Lipinski definition) is 1. The number of hydrogen-bond donors (Lipinski definition) is 2. The number of anilines is 1. The van der Waals surface area contributed by atoms with E-state index in [0.717, 1.165) is 37.8 Å². The van der Waals surface area contributed by atoms with Crippen molar-refractivity contribution >= 4 is 11.7 Å². The zero-order chi connectivity index (χ0) is 13.9. The Morgan fingerprint density at radius 1 is 1.11 bits per heavy atom. The van der Waals surface area contributed by atoms with E-state index in [1.54, 1.807) is 0 Å². The summed E-state index contributed by atoms with van der Waals surface area (Å²) in [7, 11) is 0. The average Bonchev–Trinajstić information content (AvgIpc) is 2.81. The zero-order valence-electron chi connectivity index (χ0n) is 10.3. The number of benzene rings is 1. The van der Waals surface area contributed by atoms with Gasteiger partial charge in [0.05, 0.1) is 5.56 Å². The minimum atomic E-state index is -4.36. The SMILES string of the molecule is O=C(Nc1ccc(C(F)(F)F)cc1)NC1CCCC1. The Balaban J connectivity index is 1.90. The summed E-state index contributed by atoms with van der Waals surface area (Å²) >= 11 is 0. The summed E-state index contributed by atoms with van der Waals surface area (Å²) in [6.45, 7) is 0. The number of carbonyl (C=O) groups excluding carboxylic acids is 1. The van der Waals surface area contributed by atoms with Crippen molar-refractivity contribution in [1.82, 2.24) is 5.32 Å². The van der Waals surface area contributed by atoms with Gasteiger partial charge in [-0.15, -0.1) is 0 Å². The van der Waals surface area contributed by atoms with E-state index in [1.165, 1.54) is 12.1 Å². The minimum absolute atomic E-state index is 0.175. The molecule has 1 saturated carbocycles. The Hall–Kier alpha value is -1.72. The molecule has 2 rings (SSSR count). The molecule has 0 radical (unpaired) electrons. The van der Waals surface area contributed by atoms with Crippen LogP contribution >= 0.6 is 0 Å². The molecule has 104 valence electrons. The first kappa shape index (κ1) is 13.7. The van der Waals surface area contributed by atoms with E-state index in [-0.39, 0.29) is 12.1 Å². The second-order valence-corrected chi connectivity index (χ2v) is 4.65. The van der Waals surface area contributed by atoms with Crippen LogP contribution in [0.1, 0.15) is 31.2 Å². The fourth-order valence-electron chi connectivity index (χ4n) is 2.17. The molecule has 0 spiro atoms. The highest BCUT2D eigenvalue weighted by Crippen LogP contribution is 2.29. The number of carbonyl (C=O) groups is 1. The number of nitrogens with one attached hydrogen (secondary N) is 2. The van der Waals surface area contributed by atoms with Crippen LogP contribution in [0.2, 0.25) is 0 Å². The van der Waals surface area contributed by atoms with E-state index >= 15 is 0 Å². The van der Waals surface area contributed by atoms with Crippen LogP contribution in [0.5, 0.6) is 0 Å². The highest BCUT2D eigenvalue weighted by Gasteiger charge is 2.30. The Bertz CT molecular complexity index is 436. The van der Waals surface area contributed by atoms with Crippen molar-refractivity contribution in [2.75, 3.05) is 5.32 Å². The van der Waals surface area contributed by atoms with Crippen molar-refractivity contribution in [2.45, 2.75) is 37.9 Å². The highest BCUT2D eigenvalue weighted by molar-refractivity contribution is 5.89. The van der Waals surface area contributed by atoms with Gasteiger partial charge in [0, 0.05) is 11.7 Å². The molecule has 1 aromatic rings. The van der Waals surface area contributed by atoms with Crippen LogP contribution in [0.15, 0.2) is 24.3 Å². The van der Waals surface area contributed by atoms with Gasteiger partial charge in [0.1, 0.15) is 0 Å². The third-order valence-electron chi connectivity index (χ3n) is 3.16. The summed E-state index contributed by atoms with van der Waals surface area (Å²) in [6.07, 6.45) is -0.234. The van der Waals surface area contributed by atoms with Crippen molar-refractivity contribution in [3.63, 3.8) is 0 Å². The van der Waals surface area contributed by atoms with Gasteiger partial charge in [-0.3, -0.25) is 0 Å². The average molecular weight is 272 g/mol. The van der Waals surface area contributed by atoms with Crippen LogP contribution in [0.25, 0.3) is 0 Å². The lowest BCUT2D eigenvalue weighted by atomic mass is 10.2. The third kappa shape index (κ3) is 3.87. The molecule has 0 saturated heterocycles. The fraction of sp³-hybridized carbons (Fsp3) is 0.462. The highest BCUT2D eigenvalue weighted by atomic mass is 19.4. The molecule has 1 aliphatic rings. The van der Waals surface area contributed by atoms with Gasteiger partial charge in [-0.1, -0.05) is 12.8 Å². The lowest BCUT2D eigenvalue weighted by Gasteiger charge is -2.13. The van der Waals surface area contributed by atoms with Gasteiger partial charge in [-0.2, -0.15) is 13.2 Å². The predicted octanol–water partition coefficient (Wildman–Crippen LogP) is 3.77. The van der Waals surface area contributed by atoms with E-state index < -0.39 is 11.7 Å². The molecule has 0 aliphatic heterocycles. The normalized spacial score (nSPS) is 16.4. The Kier molecular flexibility index (Phi) is 3.97. The zero-order valence-corrected chi connectivity index (χ0v) is 10.3. The number of halogens is 3. The number of amides is 2. The number of alkyl halides is 3. The van der Waals surface area contributed by atoms with Crippen LogP contribution in [0.3, 0.4) is 0 Å². The first-order valence-electron chi connectivity index (χ1n) is 6.20. The number of rotatable bonds is 2. The summed E-state index contributed by atoms with van der Waals surface area (Å²) in [4.78, 5) is 11.6. The van der Waals surface area contributed by atoms with E-state index in [1.807, 2.05) is 0 Å². The fourth-order valence-corrected chi connectivity index (χ4v) is 2.17. The Labute approximate surface area is 109 Å². The van der Waals surface area contributed by atoms with Gasteiger partial charge in [-0.25, -0.2) is 4.79 Å². The molecule has 0 unspecified atom stereocenters. The quantitative estimate of drug-likeness (QED) is 0.845. The molecule has 0 bridgehead atoms. The standard InChI is InChI=1S/C13H15F3N2O/c14-13(15,16)9-5-7-11(8-6-9)18-12(19)17-10-3-1-2-4-10/h5-8,10H,1-4H2,(H2,17,18,19). The molecule has 2 N–H and O–H groups in total. The van der Waals surface area contributed by atoms with Gasteiger partial charge >= 0.3 is 12.2 Å². The van der Waals surface area contributed by atoms with E-state index in [0.29, 0.717) is 5.69 Å². The predicted molar refractivity (Wildman–Crippen MR) is 65.9 cm³/mol.